The number of allylic oxidation sites excluding steroid dienone is 1. The van der Waals surface area contributed by atoms with Gasteiger partial charge in [0.05, 0.1) is 24.3 Å². The minimum Gasteiger partial charge on any atom is -0.462 e. The van der Waals surface area contributed by atoms with Gasteiger partial charge in [-0.3, -0.25) is 0 Å². The van der Waals surface area contributed by atoms with Crippen molar-refractivity contribution in [2.24, 2.45) is 0 Å². The molecule has 0 saturated carbocycles. The number of rotatable bonds is 11. The largest absolute Gasteiger partial charge is 0.462 e. The predicted octanol–water partition coefficient (Wildman–Crippen LogP) is 3.71. The number of carbonyl (C=O) groups excluding carboxylic acids is 2. The number of ether oxygens (including phenoxy) is 3. The third-order valence-electron chi connectivity index (χ3n) is 3.97. The van der Waals surface area contributed by atoms with Crippen LogP contribution in [-0.4, -0.2) is 37.9 Å². The minimum atomic E-state index is -0.522. The van der Waals surface area contributed by atoms with Gasteiger partial charge in [-0.15, -0.1) is 6.58 Å². The Hall–Kier alpha value is -2.14. The molecule has 0 N–H and O–H groups in total. The Balaban J connectivity index is 2.08. The van der Waals surface area contributed by atoms with E-state index in [4.69, 9.17) is 14.2 Å². The lowest BCUT2D eigenvalue weighted by molar-refractivity contribution is 0.0438. The van der Waals surface area contributed by atoms with Gasteiger partial charge in [-0.25, -0.2) is 9.59 Å². The Morgan fingerprint density at radius 2 is 2.04 bits per heavy atom. The van der Waals surface area contributed by atoms with E-state index < -0.39 is 11.9 Å². The molecule has 5 heteroatoms. The highest BCUT2D eigenvalue weighted by Crippen LogP contribution is 2.20. The van der Waals surface area contributed by atoms with E-state index >= 15 is 0 Å². The molecule has 25 heavy (non-hydrogen) atoms. The zero-order chi connectivity index (χ0) is 18.1. The van der Waals surface area contributed by atoms with E-state index in [0.717, 1.165) is 25.7 Å². The van der Waals surface area contributed by atoms with Crippen LogP contribution in [0, 0.1) is 0 Å². The van der Waals surface area contributed by atoms with Crippen molar-refractivity contribution in [1.29, 1.82) is 0 Å². The smallest absolute Gasteiger partial charge is 0.339 e. The summed E-state index contributed by atoms with van der Waals surface area (Å²) in [7, 11) is 0. The fraction of sp³-hybridized carbons (Fsp3) is 0.500. The molecule has 0 amide bonds. The van der Waals surface area contributed by atoms with Crippen LogP contribution in [0.5, 0.6) is 0 Å². The summed E-state index contributed by atoms with van der Waals surface area (Å²) in [6.07, 6.45) is 6.23. The molecule has 0 radical (unpaired) electrons. The number of esters is 2. The Labute approximate surface area is 149 Å². The maximum atomic E-state index is 12.5. The van der Waals surface area contributed by atoms with Crippen LogP contribution in [-0.2, 0) is 20.6 Å². The number of hydrogen-bond donors (Lipinski definition) is 0. The molecule has 1 fully saturated rings. The Bertz CT molecular complexity index is 604. The molecule has 1 heterocycles. The zero-order valence-electron chi connectivity index (χ0n) is 14.8. The summed E-state index contributed by atoms with van der Waals surface area (Å²) in [6, 6.07) is 5.14. The molecule has 0 bridgehead atoms. The van der Waals surface area contributed by atoms with Crippen molar-refractivity contribution in [1.82, 2.24) is 0 Å². The molecule has 1 aromatic rings. The van der Waals surface area contributed by atoms with Gasteiger partial charge in [0.15, 0.2) is 0 Å². The van der Waals surface area contributed by atoms with E-state index in [1.807, 2.05) is 0 Å². The first kappa shape index (κ1) is 19.2. The summed E-state index contributed by atoms with van der Waals surface area (Å²) in [4.78, 5) is 24.9. The molecule has 1 aliphatic heterocycles. The summed E-state index contributed by atoms with van der Waals surface area (Å²) in [5.41, 5.74) is 1.22. The van der Waals surface area contributed by atoms with Crippen LogP contribution in [0.2, 0.25) is 0 Å². The van der Waals surface area contributed by atoms with Crippen LogP contribution in [0.25, 0.3) is 0 Å². The highest BCUT2D eigenvalue weighted by Gasteiger charge is 2.27. The van der Waals surface area contributed by atoms with Gasteiger partial charge in [0.25, 0.3) is 0 Å². The quantitative estimate of drug-likeness (QED) is 0.264. The summed E-state index contributed by atoms with van der Waals surface area (Å²) in [6.45, 7) is 6.99. The van der Waals surface area contributed by atoms with Gasteiger partial charge < -0.3 is 14.2 Å². The van der Waals surface area contributed by atoms with Crippen LogP contribution in [0.1, 0.15) is 58.9 Å². The highest BCUT2D eigenvalue weighted by atomic mass is 16.6. The van der Waals surface area contributed by atoms with Crippen molar-refractivity contribution in [2.45, 2.75) is 45.1 Å². The number of epoxide rings is 1. The molecule has 1 unspecified atom stereocenters. The van der Waals surface area contributed by atoms with E-state index in [9.17, 15) is 9.59 Å². The fourth-order valence-corrected chi connectivity index (χ4v) is 2.51. The zero-order valence-corrected chi connectivity index (χ0v) is 14.8. The van der Waals surface area contributed by atoms with Crippen molar-refractivity contribution in [3.8, 4) is 0 Å². The van der Waals surface area contributed by atoms with Crippen molar-refractivity contribution in [3.05, 3.63) is 47.5 Å². The molecular weight excluding hydrogens is 320 g/mol. The molecule has 1 aromatic carbocycles. The molecule has 1 atom stereocenters. The molecular formula is C20H26O5. The molecule has 0 spiro atoms. The first-order chi connectivity index (χ1) is 12.2. The van der Waals surface area contributed by atoms with Gasteiger partial charge in [0.1, 0.15) is 12.7 Å². The maximum Gasteiger partial charge on any atom is 0.339 e. The van der Waals surface area contributed by atoms with Gasteiger partial charge >= 0.3 is 11.9 Å². The predicted molar refractivity (Wildman–Crippen MR) is 94.8 cm³/mol. The topological polar surface area (TPSA) is 65.1 Å². The summed E-state index contributed by atoms with van der Waals surface area (Å²) >= 11 is 0. The van der Waals surface area contributed by atoms with Crippen LogP contribution < -0.4 is 0 Å². The average molecular weight is 346 g/mol. The molecule has 1 saturated heterocycles. The highest BCUT2D eigenvalue weighted by molar-refractivity contribution is 6.04. The lowest BCUT2D eigenvalue weighted by Crippen LogP contribution is -2.18. The Morgan fingerprint density at radius 1 is 1.24 bits per heavy atom. The first-order valence-corrected chi connectivity index (χ1v) is 8.86. The normalized spacial score (nSPS) is 15.5. The van der Waals surface area contributed by atoms with Gasteiger partial charge in [0, 0.05) is 0 Å². The second-order valence-electron chi connectivity index (χ2n) is 6.08. The van der Waals surface area contributed by atoms with Crippen molar-refractivity contribution in [2.75, 3.05) is 19.8 Å². The molecule has 1 aliphatic rings. The maximum absolute atomic E-state index is 12.5. The Kier molecular flexibility index (Phi) is 7.67. The number of carbonyl (C=O) groups is 2. The third kappa shape index (κ3) is 6.02. The third-order valence-corrected chi connectivity index (χ3v) is 3.97. The molecule has 2 rings (SSSR count). The first-order valence-electron chi connectivity index (χ1n) is 8.86. The molecule has 5 nitrogen and oxygen atoms in total. The number of unbranched alkanes of at least 4 members (excludes halogenated alkanes) is 3. The lowest BCUT2D eigenvalue weighted by Gasteiger charge is -2.13. The van der Waals surface area contributed by atoms with Gasteiger partial charge in [-0.1, -0.05) is 44.4 Å². The molecule has 0 aliphatic carbocycles. The van der Waals surface area contributed by atoms with Crippen molar-refractivity contribution < 1.29 is 23.8 Å². The van der Waals surface area contributed by atoms with Crippen LogP contribution in [0.15, 0.2) is 30.9 Å². The lowest BCUT2D eigenvalue weighted by atomic mass is 9.98. The van der Waals surface area contributed by atoms with Crippen LogP contribution in [0.4, 0.5) is 0 Å². The average Bonchev–Trinajstić information content (AvgIpc) is 3.44. The number of hydrogen-bond acceptors (Lipinski definition) is 5. The number of benzene rings is 1. The molecule has 0 aromatic heterocycles. The van der Waals surface area contributed by atoms with E-state index in [1.54, 1.807) is 24.3 Å². The summed E-state index contributed by atoms with van der Waals surface area (Å²) < 4.78 is 15.7. The monoisotopic (exact) mass is 346 g/mol. The van der Waals surface area contributed by atoms with E-state index in [0.29, 0.717) is 25.2 Å². The summed E-state index contributed by atoms with van der Waals surface area (Å²) in [5, 5.41) is 0. The van der Waals surface area contributed by atoms with Crippen LogP contribution in [0.3, 0.4) is 0 Å². The van der Waals surface area contributed by atoms with Crippen molar-refractivity contribution in [3.63, 3.8) is 0 Å². The standard InChI is InChI=1S/C20H26O5/c1-3-5-6-7-12-23-19(21)17-11-8-10-15(9-4-2)18(17)20(22)25-14-16-13-24-16/h4,8,10-11,16H,2-3,5-7,9,12-14H2,1H3. The Morgan fingerprint density at radius 3 is 2.72 bits per heavy atom. The minimum absolute atomic E-state index is 0.0236. The summed E-state index contributed by atoms with van der Waals surface area (Å²) in [5.74, 6) is -1.01. The SMILES string of the molecule is C=CCc1cccc(C(=O)OCCCCCC)c1C(=O)OCC1CO1. The molecule has 136 valence electrons. The van der Waals surface area contributed by atoms with E-state index in [1.165, 1.54) is 0 Å². The second-order valence-corrected chi connectivity index (χ2v) is 6.08. The van der Waals surface area contributed by atoms with Gasteiger partial charge in [-0.2, -0.15) is 0 Å². The van der Waals surface area contributed by atoms with E-state index in [2.05, 4.69) is 13.5 Å². The van der Waals surface area contributed by atoms with Gasteiger partial charge in [0.2, 0.25) is 0 Å². The van der Waals surface area contributed by atoms with Gasteiger partial charge in [-0.05, 0) is 24.5 Å². The second kappa shape index (κ2) is 9.99. The van der Waals surface area contributed by atoms with Crippen molar-refractivity contribution >= 4 is 11.9 Å². The van der Waals surface area contributed by atoms with E-state index in [-0.39, 0.29) is 23.8 Å². The fourth-order valence-electron chi connectivity index (χ4n) is 2.51. The van der Waals surface area contributed by atoms with Crippen LogP contribution >= 0.6 is 0 Å².